The van der Waals surface area contributed by atoms with Crippen molar-refractivity contribution in [1.29, 1.82) is 0 Å². The average Bonchev–Trinajstić information content (AvgIpc) is 3.15. The Balaban J connectivity index is 2.23. The molecule has 0 radical (unpaired) electrons. The summed E-state index contributed by atoms with van der Waals surface area (Å²) in [7, 11) is 3.76. The lowest BCUT2D eigenvalue weighted by molar-refractivity contribution is -0.107. The Kier molecular flexibility index (Phi) is 8.71. The van der Waals surface area contributed by atoms with E-state index in [9.17, 15) is 4.79 Å². The van der Waals surface area contributed by atoms with E-state index in [-0.39, 0.29) is 0 Å². The molecule has 1 aromatic carbocycles. The molecule has 1 amide bonds. The second-order valence-electron chi connectivity index (χ2n) is 8.21. The summed E-state index contributed by atoms with van der Waals surface area (Å²) >= 11 is 6.12. The first-order chi connectivity index (χ1) is 16.4. The number of pyridine rings is 1. The van der Waals surface area contributed by atoms with Crippen LogP contribution in [0.15, 0.2) is 48.8 Å². The van der Waals surface area contributed by atoms with E-state index in [0.29, 0.717) is 29.1 Å². The van der Waals surface area contributed by atoms with E-state index in [2.05, 4.69) is 36.9 Å². The molecule has 0 N–H and O–H groups in total. The number of aromatic nitrogens is 3. The Hall–Kier alpha value is -3.32. The summed E-state index contributed by atoms with van der Waals surface area (Å²) in [6.07, 6.45) is 8.16. The summed E-state index contributed by atoms with van der Waals surface area (Å²) in [5.41, 5.74) is 3.82. The normalized spacial score (nSPS) is 11.4. The molecule has 0 bridgehead atoms. The van der Waals surface area contributed by atoms with Gasteiger partial charge in [0.15, 0.2) is 5.82 Å². The number of amides is 1. The van der Waals surface area contributed by atoms with Gasteiger partial charge in [0, 0.05) is 31.9 Å². The molecule has 0 aliphatic rings. The van der Waals surface area contributed by atoms with Crippen molar-refractivity contribution in [2.45, 2.75) is 40.2 Å². The molecule has 0 aliphatic heterocycles. The fourth-order valence-corrected chi connectivity index (χ4v) is 3.86. The molecule has 8 heteroatoms. The van der Waals surface area contributed by atoms with Gasteiger partial charge in [-0.25, -0.2) is 0 Å². The minimum atomic E-state index is 0.382. The third-order valence-electron chi connectivity index (χ3n) is 5.33. The predicted octanol–water partition coefficient (Wildman–Crippen LogP) is 5.77. The van der Waals surface area contributed by atoms with Crippen molar-refractivity contribution >= 4 is 29.5 Å². The molecule has 180 valence electrons. The Bertz CT molecular complexity index is 1140. The lowest BCUT2D eigenvalue weighted by Crippen LogP contribution is -2.23. The molecule has 0 spiro atoms. The zero-order valence-corrected chi connectivity index (χ0v) is 21.2. The van der Waals surface area contributed by atoms with Gasteiger partial charge in [0.25, 0.3) is 0 Å². The first-order valence-corrected chi connectivity index (χ1v) is 11.8. The monoisotopic (exact) mass is 481 g/mol. The van der Waals surface area contributed by atoms with E-state index < -0.39 is 0 Å². The maximum Gasteiger partial charge on any atom is 0.304 e. The van der Waals surface area contributed by atoms with Crippen molar-refractivity contribution < 1.29 is 9.53 Å². The van der Waals surface area contributed by atoms with Crippen molar-refractivity contribution in [3.05, 3.63) is 70.6 Å². The molecule has 34 heavy (non-hydrogen) atoms. The maximum absolute atomic E-state index is 11.8. The lowest BCUT2D eigenvalue weighted by atomic mass is 10.2. The molecule has 0 unspecified atom stereocenters. The highest BCUT2D eigenvalue weighted by Crippen LogP contribution is 2.35. The van der Waals surface area contributed by atoms with Gasteiger partial charge >= 0.3 is 6.01 Å². The van der Waals surface area contributed by atoms with E-state index in [1.807, 2.05) is 41.8 Å². The Morgan fingerprint density at radius 2 is 1.91 bits per heavy atom. The number of hydrogen-bond donors (Lipinski definition) is 0. The van der Waals surface area contributed by atoms with Gasteiger partial charge < -0.3 is 14.5 Å². The van der Waals surface area contributed by atoms with Crippen molar-refractivity contribution in [3.8, 4) is 11.8 Å². The van der Waals surface area contributed by atoms with Crippen LogP contribution in [0.1, 0.15) is 43.5 Å². The van der Waals surface area contributed by atoms with Crippen molar-refractivity contribution in [1.82, 2.24) is 19.4 Å². The minimum Gasteiger partial charge on any atom is -0.424 e. The van der Waals surface area contributed by atoms with Crippen molar-refractivity contribution in [3.63, 3.8) is 0 Å². The summed E-state index contributed by atoms with van der Waals surface area (Å²) in [5.74, 6) is 1.11. The topological polar surface area (TPSA) is 63.5 Å². The second-order valence-corrected chi connectivity index (χ2v) is 8.65. The number of rotatable bonds is 11. The number of allylic oxidation sites excluding steroid dienone is 1. The van der Waals surface area contributed by atoms with E-state index in [4.69, 9.17) is 21.3 Å². The third-order valence-corrected chi connectivity index (χ3v) is 5.58. The molecular weight excluding hydrogens is 450 g/mol. The number of carbonyl (C=O) groups is 1. The van der Waals surface area contributed by atoms with Gasteiger partial charge in [-0.05, 0) is 49.1 Å². The summed E-state index contributed by atoms with van der Waals surface area (Å²) in [6, 6.07) is 9.97. The van der Waals surface area contributed by atoms with E-state index in [1.54, 1.807) is 19.4 Å². The van der Waals surface area contributed by atoms with Gasteiger partial charge in [0.2, 0.25) is 6.41 Å². The first kappa shape index (κ1) is 25.3. The van der Waals surface area contributed by atoms with Crippen LogP contribution in [0.2, 0.25) is 5.02 Å². The number of carbonyl (C=O) groups excluding carboxylic acids is 1. The summed E-state index contributed by atoms with van der Waals surface area (Å²) < 4.78 is 8.25. The molecule has 7 nitrogen and oxygen atoms in total. The van der Waals surface area contributed by atoms with Crippen LogP contribution in [0.25, 0.3) is 5.70 Å². The van der Waals surface area contributed by atoms with E-state index in [1.165, 1.54) is 4.90 Å². The number of hydrogen-bond acceptors (Lipinski definition) is 5. The Morgan fingerprint density at radius 3 is 2.53 bits per heavy atom. The van der Waals surface area contributed by atoms with Gasteiger partial charge in [-0.2, -0.15) is 4.98 Å². The number of imidazole rings is 1. The minimum absolute atomic E-state index is 0.382. The number of aryl methyl sites for hydroxylation is 1. The molecule has 3 rings (SSSR count). The maximum atomic E-state index is 11.8. The molecule has 0 saturated carbocycles. The van der Waals surface area contributed by atoms with Crippen LogP contribution >= 0.6 is 11.6 Å². The average molecular weight is 482 g/mol. The highest BCUT2D eigenvalue weighted by atomic mass is 35.5. The lowest BCUT2D eigenvalue weighted by Gasteiger charge is -2.25. The van der Waals surface area contributed by atoms with Crippen LogP contribution < -0.4 is 9.64 Å². The second kappa shape index (κ2) is 11.7. The summed E-state index contributed by atoms with van der Waals surface area (Å²) in [6.45, 7) is 7.54. The highest BCUT2D eigenvalue weighted by molar-refractivity contribution is 6.30. The zero-order chi connectivity index (χ0) is 24.7. The molecule has 0 fully saturated rings. The SMILES string of the molecule is CC/C=C(/c1c(N(C)C=O)nc(Oc2cncc(C)c2)n1Cc1ccc(Cl)cc1)N(C)CCC. The van der Waals surface area contributed by atoms with E-state index in [0.717, 1.165) is 48.3 Å². The predicted molar refractivity (Wildman–Crippen MR) is 137 cm³/mol. The smallest absolute Gasteiger partial charge is 0.304 e. The van der Waals surface area contributed by atoms with Gasteiger partial charge in [-0.15, -0.1) is 0 Å². The number of benzene rings is 1. The molecule has 0 aliphatic carbocycles. The number of nitrogens with zero attached hydrogens (tertiary/aromatic N) is 5. The van der Waals surface area contributed by atoms with Crippen LogP contribution in [0, 0.1) is 6.92 Å². The van der Waals surface area contributed by atoms with Gasteiger partial charge in [0.1, 0.15) is 11.4 Å². The van der Waals surface area contributed by atoms with Crippen molar-refractivity contribution in [2.24, 2.45) is 0 Å². The molecule has 0 saturated heterocycles. The van der Waals surface area contributed by atoms with E-state index >= 15 is 0 Å². The molecule has 3 aromatic rings. The van der Waals surface area contributed by atoms with Crippen LogP contribution in [0.3, 0.4) is 0 Å². The molecule has 2 aromatic heterocycles. The van der Waals surface area contributed by atoms with Gasteiger partial charge in [-0.3, -0.25) is 14.3 Å². The number of anilines is 1. The standard InChI is InChI=1S/C26H32ClN5O2/c1-6-8-23(30(4)13-7-2)24-25(31(5)18-33)29-26(34-22-14-19(3)15-28-16-22)32(24)17-20-9-11-21(27)12-10-20/h8-12,14-16,18H,6-7,13,17H2,1-5H3/b23-8-. The largest absolute Gasteiger partial charge is 0.424 e. The zero-order valence-electron chi connectivity index (χ0n) is 20.5. The Labute approximate surface area is 206 Å². The number of ether oxygens (including phenoxy) is 1. The van der Waals surface area contributed by atoms with Crippen LogP contribution in [0.4, 0.5) is 5.82 Å². The summed E-state index contributed by atoms with van der Waals surface area (Å²) in [4.78, 5) is 24.5. The molecule has 0 atom stereocenters. The van der Waals surface area contributed by atoms with Crippen LogP contribution in [-0.4, -0.2) is 46.5 Å². The number of halogens is 1. The van der Waals surface area contributed by atoms with Crippen LogP contribution in [0.5, 0.6) is 11.8 Å². The quantitative estimate of drug-likeness (QED) is 0.325. The van der Waals surface area contributed by atoms with Gasteiger partial charge in [-0.1, -0.05) is 43.7 Å². The third kappa shape index (κ3) is 5.97. The van der Waals surface area contributed by atoms with Crippen LogP contribution in [-0.2, 0) is 11.3 Å². The fraction of sp³-hybridized carbons (Fsp3) is 0.346. The van der Waals surface area contributed by atoms with Gasteiger partial charge in [0.05, 0.1) is 18.4 Å². The summed E-state index contributed by atoms with van der Waals surface area (Å²) in [5, 5.41) is 0.674. The highest BCUT2D eigenvalue weighted by Gasteiger charge is 2.26. The van der Waals surface area contributed by atoms with Crippen molar-refractivity contribution in [2.75, 3.05) is 25.5 Å². The molecule has 2 heterocycles. The molecular formula is C26H32ClN5O2. The fourth-order valence-electron chi connectivity index (χ4n) is 3.74. The Morgan fingerprint density at radius 1 is 1.18 bits per heavy atom. The first-order valence-electron chi connectivity index (χ1n) is 11.4.